The van der Waals surface area contributed by atoms with Crippen LogP contribution >= 0.6 is 0 Å². The second-order valence-electron chi connectivity index (χ2n) is 5.21. The molecular weight excluding hydrogens is 275 g/mol. The van der Waals surface area contributed by atoms with E-state index in [1.165, 1.54) is 14.0 Å². The molecule has 2 aromatic carbocycles. The van der Waals surface area contributed by atoms with E-state index in [9.17, 15) is 9.90 Å². The molecule has 4 nitrogen and oxygen atoms in total. The van der Waals surface area contributed by atoms with Crippen molar-refractivity contribution in [3.8, 4) is 5.75 Å². The average Bonchev–Trinajstić information content (AvgIpc) is 2.44. The monoisotopic (exact) mass is 289 g/mol. The van der Waals surface area contributed by atoms with Crippen LogP contribution in [0.4, 0.5) is 0 Å². The van der Waals surface area contributed by atoms with Gasteiger partial charge in [-0.15, -0.1) is 0 Å². The fourth-order valence-electron chi connectivity index (χ4n) is 2.32. The smallest absolute Gasteiger partial charge is 0.216 e. The van der Waals surface area contributed by atoms with Gasteiger partial charge in [0.2, 0.25) is 5.91 Å². The lowest BCUT2D eigenvalue weighted by molar-refractivity contribution is -0.120. The van der Waals surface area contributed by atoms with Crippen LogP contribution in [0.25, 0.3) is 10.8 Å². The Labute approximate surface area is 133 Å². The molecule has 0 aliphatic heterocycles. The van der Waals surface area contributed by atoms with Gasteiger partial charge in [0, 0.05) is 6.92 Å². The van der Waals surface area contributed by atoms with E-state index in [1.807, 2.05) is 12.1 Å². The van der Waals surface area contributed by atoms with Gasteiger partial charge in [-0.2, -0.15) is 0 Å². The zero-order valence-corrected chi connectivity index (χ0v) is 12.5. The number of aliphatic hydroxyl groups is 1. The Morgan fingerprint density at radius 1 is 1.23 bits per heavy atom. The second-order valence-corrected chi connectivity index (χ2v) is 5.21. The lowest BCUT2D eigenvalue weighted by Gasteiger charge is -2.43. The number of methoxy groups -OCH3 is 1. The lowest BCUT2D eigenvalue weighted by Crippen LogP contribution is -2.64. The van der Waals surface area contributed by atoms with E-state index in [-0.39, 0.29) is 5.56 Å². The van der Waals surface area contributed by atoms with Crippen molar-refractivity contribution in [2.75, 3.05) is 7.11 Å². The van der Waals surface area contributed by atoms with Gasteiger partial charge in [-0.05, 0) is 33.8 Å². The van der Waals surface area contributed by atoms with Gasteiger partial charge in [0.05, 0.1) is 28.3 Å². The molecule has 106 valence electrons. The minimum absolute atomic E-state index is 0.280. The topological polar surface area (TPSA) is 58.6 Å². The fraction of sp³-hybridized carbons (Fsp3) is 0.267. The molecule has 0 saturated heterocycles. The second kappa shape index (κ2) is 5.73. The molecule has 1 unspecified atom stereocenters. The van der Waals surface area contributed by atoms with Gasteiger partial charge in [0.1, 0.15) is 13.6 Å². The molecule has 7 heteroatoms. The van der Waals surface area contributed by atoms with Gasteiger partial charge >= 0.3 is 0 Å². The number of carbonyl (C=O) groups excluding carboxylic acids is 1. The van der Waals surface area contributed by atoms with Gasteiger partial charge < -0.3 is 15.2 Å². The van der Waals surface area contributed by atoms with E-state index in [0.29, 0.717) is 11.1 Å². The van der Waals surface area contributed by atoms with Crippen LogP contribution in [0, 0.1) is 0 Å². The zero-order chi connectivity index (χ0) is 16.5. The van der Waals surface area contributed by atoms with E-state index >= 15 is 0 Å². The molecule has 0 fully saturated rings. The maximum atomic E-state index is 11.2. The highest BCUT2D eigenvalue weighted by Gasteiger charge is 2.40. The van der Waals surface area contributed by atoms with Crippen molar-refractivity contribution < 1.29 is 14.6 Å². The summed E-state index contributed by atoms with van der Waals surface area (Å²) in [5, 5.41) is 12.4. The van der Waals surface area contributed by atoms with E-state index < -0.39 is 16.7 Å². The Bertz CT molecular complexity index is 716. The number of hydrogen-bond donors (Lipinski definition) is 2. The van der Waals surface area contributed by atoms with Crippen molar-refractivity contribution in [2.45, 2.75) is 17.8 Å². The Hall–Kier alpha value is -1.88. The van der Waals surface area contributed by atoms with E-state index in [1.54, 1.807) is 24.3 Å². The third kappa shape index (κ3) is 2.86. The predicted molar refractivity (Wildman–Crippen MR) is 88.2 cm³/mol. The molecule has 0 aliphatic carbocycles. The van der Waals surface area contributed by atoms with Gasteiger partial charge in [-0.25, -0.2) is 0 Å². The first-order chi connectivity index (χ1) is 10.2. The number of hydrogen-bond acceptors (Lipinski definition) is 3. The molecule has 2 N–H and O–H groups in total. The maximum Gasteiger partial charge on any atom is 0.216 e. The van der Waals surface area contributed by atoms with Crippen LogP contribution in [0.3, 0.4) is 0 Å². The number of ether oxygens (including phenoxy) is 1. The highest BCUT2D eigenvalue weighted by Crippen LogP contribution is 2.33. The van der Waals surface area contributed by atoms with Gasteiger partial charge in [-0.1, -0.05) is 24.3 Å². The molecule has 22 heavy (non-hydrogen) atoms. The molecule has 2 rings (SSSR count). The summed E-state index contributed by atoms with van der Waals surface area (Å²) < 4.78 is 5.19. The van der Waals surface area contributed by atoms with Crippen molar-refractivity contribution in [1.29, 1.82) is 0 Å². The number of rotatable bonds is 4. The zero-order valence-electron chi connectivity index (χ0n) is 12.5. The highest BCUT2D eigenvalue weighted by molar-refractivity contribution is 6.46. The third-order valence-electron chi connectivity index (χ3n) is 3.51. The van der Waals surface area contributed by atoms with Crippen molar-refractivity contribution in [1.82, 2.24) is 5.32 Å². The van der Waals surface area contributed by atoms with Gasteiger partial charge in [-0.3, -0.25) is 4.79 Å². The Kier molecular flexibility index (Phi) is 4.29. The van der Waals surface area contributed by atoms with Crippen LogP contribution in [0.1, 0.15) is 12.5 Å². The molecule has 1 amide bonds. The average molecular weight is 289 g/mol. The Balaban J connectivity index is 2.64. The highest BCUT2D eigenvalue weighted by atomic mass is 16.5. The molecule has 0 spiro atoms. The van der Waals surface area contributed by atoms with E-state index in [4.69, 9.17) is 28.3 Å². The predicted octanol–water partition coefficient (Wildman–Crippen LogP) is 0.289. The molecular formula is C15H14B3NO3. The van der Waals surface area contributed by atoms with Gasteiger partial charge in [0.25, 0.3) is 0 Å². The summed E-state index contributed by atoms with van der Waals surface area (Å²) in [6, 6.07) is 10.5. The van der Waals surface area contributed by atoms with Crippen molar-refractivity contribution in [3.63, 3.8) is 0 Å². The third-order valence-corrected chi connectivity index (χ3v) is 3.51. The summed E-state index contributed by atoms with van der Waals surface area (Å²) in [7, 11) is 19.2. The number of fused-ring (bicyclic) bond motifs is 1. The maximum absolute atomic E-state index is 11.2. The first kappa shape index (κ1) is 16.5. The molecule has 0 saturated carbocycles. The summed E-state index contributed by atoms with van der Waals surface area (Å²) in [6.45, 7) is 1.23. The summed E-state index contributed by atoms with van der Waals surface area (Å²) in [4.78, 5) is 11.2. The molecule has 0 heterocycles. The van der Waals surface area contributed by atoms with Crippen molar-refractivity contribution in [3.05, 3.63) is 42.0 Å². The molecule has 6 radical (unpaired) electrons. The number of amides is 1. The quantitative estimate of drug-likeness (QED) is 0.795. The fourth-order valence-corrected chi connectivity index (χ4v) is 2.32. The lowest BCUT2D eigenvalue weighted by atomic mass is 9.45. The molecule has 0 bridgehead atoms. The van der Waals surface area contributed by atoms with E-state index in [0.717, 1.165) is 5.39 Å². The van der Waals surface area contributed by atoms with Gasteiger partial charge in [0.15, 0.2) is 0 Å². The normalized spacial score (nSPS) is 14.3. The number of benzene rings is 2. The summed E-state index contributed by atoms with van der Waals surface area (Å²) in [6.07, 6.45) is 0. The Morgan fingerprint density at radius 3 is 2.50 bits per heavy atom. The van der Waals surface area contributed by atoms with Crippen LogP contribution in [0.2, 0.25) is 0 Å². The standard InChI is InChI=1S/C15H14B3NO3/c1-9(20)19-15(17,18)14(16,21)13-5-3-4-10-6-7-11(22-2)8-12(10)13/h3-8,21H,1-2H3,(H,19,20). The number of nitrogens with one attached hydrogen (secondary N) is 1. The van der Waals surface area contributed by atoms with Crippen LogP contribution in [0.15, 0.2) is 36.4 Å². The largest absolute Gasteiger partial charge is 0.497 e. The van der Waals surface area contributed by atoms with Crippen LogP contribution in [0.5, 0.6) is 5.75 Å². The molecule has 0 aliphatic rings. The SMILES string of the molecule is [B]C([B])(NC(C)=O)C([B])(O)c1cccc2ccc(OC)cc12. The summed E-state index contributed by atoms with van der Waals surface area (Å²) >= 11 is 0. The first-order valence-corrected chi connectivity index (χ1v) is 6.64. The first-order valence-electron chi connectivity index (χ1n) is 6.64. The Morgan fingerprint density at radius 2 is 1.91 bits per heavy atom. The summed E-state index contributed by atoms with van der Waals surface area (Å²) in [5.41, 5.74) is -1.91. The van der Waals surface area contributed by atoms with Crippen molar-refractivity contribution in [2.24, 2.45) is 0 Å². The summed E-state index contributed by atoms with van der Waals surface area (Å²) in [5.74, 6) is 0.0848. The molecule has 2 aromatic rings. The number of carbonyl (C=O) groups is 1. The minimum Gasteiger partial charge on any atom is -0.497 e. The van der Waals surface area contributed by atoms with Crippen molar-refractivity contribution >= 4 is 40.2 Å². The minimum atomic E-state index is -2.19. The molecule has 1 atom stereocenters. The molecule has 0 aromatic heterocycles. The van der Waals surface area contributed by atoms with Crippen LogP contribution in [-0.2, 0) is 10.3 Å². The van der Waals surface area contributed by atoms with Crippen LogP contribution < -0.4 is 10.1 Å². The van der Waals surface area contributed by atoms with E-state index in [2.05, 4.69) is 5.32 Å². The van der Waals surface area contributed by atoms with Crippen LogP contribution in [-0.4, -0.2) is 47.0 Å².